The van der Waals surface area contributed by atoms with Crippen molar-refractivity contribution < 1.29 is 0 Å². The van der Waals surface area contributed by atoms with Gasteiger partial charge in [0, 0.05) is 17.6 Å². The fraction of sp³-hybridized carbons (Fsp3) is 0.769. The smallest absolute Gasteiger partial charge is 0.128 e. The van der Waals surface area contributed by atoms with Gasteiger partial charge >= 0.3 is 0 Å². The third-order valence-corrected chi connectivity index (χ3v) is 3.92. The number of hydrogen-bond donors (Lipinski definition) is 1. The minimum absolute atomic E-state index is 0.452. The molecule has 3 heteroatoms. The molecule has 1 N–H and O–H groups in total. The Kier molecular flexibility index (Phi) is 2.23. The highest BCUT2D eigenvalue weighted by Crippen LogP contribution is 2.40. The number of nitrogens with zero attached hydrogens (tertiary/aromatic N) is 2. The highest BCUT2D eigenvalue weighted by atomic mass is 15.4. The first-order chi connectivity index (χ1) is 7.66. The average molecular weight is 219 g/mol. The SMILES string of the molecule is Cc1nn(C(C)C)c2c1CCC(C1CC1)N2. The van der Waals surface area contributed by atoms with Crippen LogP contribution in [0.3, 0.4) is 0 Å². The Morgan fingerprint density at radius 3 is 2.69 bits per heavy atom. The van der Waals surface area contributed by atoms with Gasteiger partial charge in [0.2, 0.25) is 0 Å². The van der Waals surface area contributed by atoms with Crippen LogP contribution < -0.4 is 5.32 Å². The first-order valence-electron chi connectivity index (χ1n) is 6.51. The van der Waals surface area contributed by atoms with Crippen LogP contribution in [0, 0.1) is 12.8 Å². The summed E-state index contributed by atoms with van der Waals surface area (Å²) in [6.07, 6.45) is 5.34. The Balaban J connectivity index is 1.94. The predicted octanol–water partition coefficient (Wildman–Crippen LogP) is 2.91. The fourth-order valence-electron chi connectivity index (χ4n) is 2.81. The van der Waals surface area contributed by atoms with Crippen LogP contribution in [0.1, 0.15) is 50.4 Å². The molecule has 2 aliphatic rings. The summed E-state index contributed by atoms with van der Waals surface area (Å²) in [4.78, 5) is 0. The first kappa shape index (κ1) is 10.2. The second-order valence-electron chi connectivity index (χ2n) is 5.58. The molecule has 0 spiro atoms. The molecule has 0 aromatic carbocycles. The van der Waals surface area contributed by atoms with Crippen LogP contribution in [0.4, 0.5) is 5.82 Å². The predicted molar refractivity (Wildman–Crippen MR) is 65.8 cm³/mol. The van der Waals surface area contributed by atoms with Gasteiger partial charge in [-0.3, -0.25) is 0 Å². The molecule has 3 nitrogen and oxygen atoms in total. The molecule has 0 amide bonds. The van der Waals surface area contributed by atoms with E-state index in [1.54, 1.807) is 0 Å². The molecule has 1 aliphatic heterocycles. The molecule has 0 saturated heterocycles. The molecule has 1 aromatic heterocycles. The number of aromatic nitrogens is 2. The van der Waals surface area contributed by atoms with E-state index < -0.39 is 0 Å². The molecule has 88 valence electrons. The molecule has 1 saturated carbocycles. The van der Waals surface area contributed by atoms with Crippen molar-refractivity contribution in [3.8, 4) is 0 Å². The van der Waals surface area contributed by atoms with E-state index in [0.29, 0.717) is 12.1 Å². The lowest BCUT2D eigenvalue weighted by atomic mass is 9.97. The summed E-state index contributed by atoms with van der Waals surface area (Å²) in [5, 5.41) is 8.39. The van der Waals surface area contributed by atoms with Gasteiger partial charge in [-0.25, -0.2) is 4.68 Å². The summed E-state index contributed by atoms with van der Waals surface area (Å²) in [7, 11) is 0. The van der Waals surface area contributed by atoms with Crippen LogP contribution in [0.15, 0.2) is 0 Å². The third kappa shape index (κ3) is 1.53. The molecule has 1 fully saturated rings. The summed E-state index contributed by atoms with van der Waals surface area (Å²) in [5.41, 5.74) is 2.66. The number of nitrogens with one attached hydrogen (secondary N) is 1. The number of rotatable bonds is 2. The zero-order valence-corrected chi connectivity index (χ0v) is 10.5. The van der Waals surface area contributed by atoms with E-state index in [9.17, 15) is 0 Å². The van der Waals surface area contributed by atoms with Crippen LogP contribution in [0.5, 0.6) is 0 Å². The van der Waals surface area contributed by atoms with Crippen molar-refractivity contribution in [3.63, 3.8) is 0 Å². The summed E-state index contributed by atoms with van der Waals surface area (Å²) in [6, 6.07) is 1.16. The van der Waals surface area contributed by atoms with Gasteiger partial charge in [-0.2, -0.15) is 5.10 Å². The Morgan fingerprint density at radius 2 is 2.06 bits per heavy atom. The lowest BCUT2D eigenvalue weighted by Gasteiger charge is -2.26. The molecule has 0 radical (unpaired) electrons. The maximum absolute atomic E-state index is 4.66. The van der Waals surface area contributed by atoms with Gasteiger partial charge in [0.05, 0.1) is 5.69 Å². The second-order valence-corrected chi connectivity index (χ2v) is 5.58. The number of anilines is 1. The van der Waals surface area contributed by atoms with Crippen molar-refractivity contribution in [2.45, 2.75) is 58.5 Å². The molecule has 1 atom stereocenters. The van der Waals surface area contributed by atoms with Crippen LogP contribution in [0.2, 0.25) is 0 Å². The average Bonchev–Trinajstić information content (AvgIpc) is 3.04. The van der Waals surface area contributed by atoms with Crippen molar-refractivity contribution in [2.24, 2.45) is 5.92 Å². The minimum atomic E-state index is 0.452. The fourth-order valence-corrected chi connectivity index (χ4v) is 2.81. The van der Waals surface area contributed by atoms with E-state index in [1.165, 1.54) is 42.8 Å². The number of fused-ring (bicyclic) bond motifs is 1. The van der Waals surface area contributed by atoms with Crippen LogP contribution >= 0.6 is 0 Å². The Morgan fingerprint density at radius 1 is 1.31 bits per heavy atom. The van der Waals surface area contributed by atoms with Crippen molar-refractivity contribution in [2.75, 3.05) is 5.32 Å². The molecule has 0 bridgehead atoms. The van der Waals surface area contributed by atoms with E-state index in [1.807, 2.05) is 0 Å². The Hall–Kier alpha value is -0.990. The van der Waals surface area contributed by atoms with E-state index in [-0.39, 0.29) is 0 Å². The summed E-state index contributed by atoms with van der Waals surface area (Å²) >= 11 is 0. The second kappa shape index (κ2) is 3.51. The van der Waals surface area contributed by atoms with Gasteiger partial charge in [-0.05, 0) is 52.4 Å². The van der Waals surface area contributed by atoms with E-state index in [4.69, 9.17) is 0 Å². The maximum atomic E-state index is 4.66. The molecule has 16 heavy (non-hydrogen) atoms. The Labute approximate surface area is 97.2 Å². The summed E-state index contributed by atoms with van der Waals surface area (Å²) in [6.45, 7) is 6.54. The van der Waals surface area contributed by atoms with E-state index >= 15 is 0 Å². The molecule has 1 unspecified atom stereocenters. The number of hydrogen-bond acceptors (Lipinski definition) is 2. The maximum Gasteiger partial charge on any atom is 0.128 e. The largest absolute Gasteiger partial charge is 0.367 e. The third-order valence-electron chi connectivity index (χ3n) is 3.92. The van der Waals surface area contributed by atoms with Gasteiger partial charge in [0.1, 0.15) is 5.82 Å². The molecule has 3 rings (SSSR count). The van der Waals surface area contributed by atoms with Crippen LogP contribution in [0.25, 0.3) is 0 Å². The van der Waals surface area contributed by atoms with Crippen LogP contribution in [-0.4, -0.2) is 15.8 Å². The van der Waals surface area contributed by atoms with E-state index in [0.717, 1.165) is 5.92 Å². The molecule has 1 aliphatic carbocycles. The van der Waals surface area contributed by atoms with Gasteiger partial charge in [-0.1, -0.05) is 0 Å². The first-order valence-corrected chi connectivity index (χ1v) is 6.51. The van der Waals surface area contributed by atoms with Crippen molar-refractivity contribution in [1.29, 1.82) is 0 Å². The van der Waals surface area contributed by atoms with Gasteiger partial charge < -0.3 is 5.32 Å². The van der Waals surface area contributed by atoms with Crippen molar-refractivity contribution in [1.82, 2.24) is 9.78 Å². The van der Waals surface area contributed by atoms with Gasteiger partial charge in [-0.15, -0.1) is 0 Å². The molecule has 2 heterocycles. The lowest BCUT2D eigenvalue weighted by molar-refractivity contribution is 0.511. The van der Waals surface area contributed by atoms with E-state index in [2.05, 4.69) is 35.9 Å². The lowest BCUT2D eigenvalue weighted by Crippen LogP contribution is -2.29. The quantitative estimate of drug-likeness (QED) is 0.829. The minimum Gasteiger partial charge on any atom is -0.367 e. The molecular weight excluding hydrogens is 198 g/mol. The normalized spacial score (nSPS) is 24.4. The monoisotopic (exact) mass is 219 g/mol. The topological polar surface area (TPSA) is 29.9 Å². The molecule has 1 aromatic rings. The number of aryl methyl sites for hydroxylation is 1. The zero-order valence-electron chi connectivity index (χ0n) is 10.5. The van der Waals surface area contributed by atoms with Crippen molar-refractivity contribution >= 4 is 5.82 Å². The van der Waals surface area contributed by atoms with Crippen LogP contribution in [-0.2, 0) is 6.42 Å². The Bertz CT molecular complexity index is 402. The van der Waals surface area contributed by atoms with Gasteiger partial charge in [0.25, 0.3) is 0 Å². The highest BCUT2D eigenvalue weighted by molar-refractivity contribution is 5.51. The standard InChI is InChI=1S/C13H21N3/c1-8(2)16-13-11(9(3)15-16)6-7-12(14-13)10-4-5-10/h8,10,12,14H,4-7H2,1-3H3. The summed E-state index contributed by atoms with van der Waals surface area (Å²) < 4.78 is 2.17. The zero-order chi connectivity index (χ0) is 11.3. The van der Waals surface area contributed by atoms with Gasteiger partial charge in [0.15, 0.2) is 0 Å². The van der Waals surface area contributed by atoms with Crippen molar-refractivity contribution in [3.05, 3.63) is 11.3 Å². The molecular formula is C13H21N3. The highest BCUT2D eigenvalue weighted by Gasteiger charge is 2.35. The summed E-state index contributed by atoms with van der Waals surface area (Å²) in [5.74, 6) is 2.24.